The van der Waals surface area contributed by atoms with Gasteiger partial charge in [-0.05, 0) is 44.7 Å². The van der Waals surface area contributed by atoms with Gasteiger partial charge in [0, 0.05) is 55.1 Å². The number of amides is 1. The molecule has 0 radical (unpaired) electrons. The summed E-state index contributed by atoms with van der Waals surface area (Å²) in [5.74, 6) is 0.692. The summed E-state index contributed by atoms with van der Waals surface area (Å²) in [6, 6.07) is 14.6. The van der Waals surface area contributed by atoms with Crippen LogP contribution in [0.2, 0.25) is 5.02 Å². The minimum atomic E-state index is -0.139. The van der Waals surface area contributed by atoms with E-state index in [9.17, 15) is 4.79 Å². The van der Waals surface area contributed by atoms with Gasteiger partial charge in [-0.2, -0.15) is 9.61 Å². The molecule has 1 fully saturated rings. The van der Waals surface area contributed by atoms with Gasteiger partial charge in [0.15, 0.2) is 5.65 Å². The number of anilines is 1. The second-order valence-electron chi connectivity index (χ2n) is 10.3. The van der Waals surface area contributed by atoms with Crippen LogP contribution in [0.3, 0.4) is 0 Å². The van der Waals surface area contributed by atoms with Crippen LogP contribution >= 0.6 is 11.6 Å². The molecule has 4 heterocycles. The van der Waals surface area contributed by atoms with E-state index in [0.717, 1.165) is 47.4 Å². The number of nitrogens with zero attached hydrogens (tertiary/aromatic N) is 6. The second kappa shape index (κ2) is 9.76. The molecule has 1 aromatic carbocycles. The van der Waals surface area contributed by atoms with Crippen molar-refractivity contribution in [2.24, 2.45) is 0 Å². The lowest BCUT2D eigenvalue weighted by atomic mass is 9.93. The smallest absolute Gasteiger partial charge is 0.256 e. The Bertz CT molecular complexity index is 1640. The van der Waals surface area contributed by atoms with Crippen molar-refractivity contribution in [3.05, 3.63) is 77.2 Å². The molecule has 0 unspecified atom stereocenters. The Balaban J connectivity index is 1.53. The summed E-state index contributed by atoms with van der Waals surface area (Å²) >= 11 is 6.38. The lowest BCUT2D eigenvalue weighted by Crippen LogP contribution is -2.39. The van der Waals surface area contributed by atoms with Crippen LogP contribution in [0.15, 0.2) is 61.1 Å². The van der Waals surface area contributed by atoms with E-state index >= 15 is 0 Å². The number of pyridine rings is 1. The average molecular weight is 528 g/mol. The number of nitrogens with one attached hydrogen (secondary N) is 1. The standard InChI is InChI=1S/C29H30ClN7O/c1-18(2)36-17-24(22-12-20(30)14-31-27(22)36)25-13-26(35(3)16-19-8-5-4-6-9-19)37-28(34-25)23(15-32-37)29(38)33-21-10-7-11-21/h4-6,8-9,12-15,17-18,21H,7,10-11,16H2,1-3H3,(H,33,38). The molecule has 0 spiro atoms. The molecular formula is C29H30ClN7O. The van der Waals surface area contributed by atoms with E-state index in [4.69, 9.17) is 16.6 Å². The van der Waals surface area contributed by atoms with Gasteiger partial charge >= 0.3 is 0 Å². The zero-order chi connectivity index (χ0) is 26.4. The summed E-state index contributed by atoms with van der Waals surface area (Å²) in [7, 11) is 2.02. The summed E-state index contributed by atoms with van der Waals surface area (Å²) in [5, 5.41) is 9.23. The molecule has 1 amide bonds. The fraction of sp³-hybridized carbons (Fsp3) is 0.310. The van der Waals surface area contributed by atoms with Gasteiger partial charge in [0.1, 0.15) is 17.0 Å². The highest BCUT2D eigenvalue weighted by atomic mass is 35.5. The lowest BCUT2D eigenvalue weighted by molar-refractivity contribution is 0.0918. The van der Waals surface area contributed by atoms with Crippen LogP contribution in [-0.2, 0) is 6.54 Å². The molecule has 1 aliphatic carbocycles. The summed E-state index contributed by atoms with van der Waals surface area (Å²) in [6.07, 6.45) is 8.53. The third-order valence-corrected chi connectivity index (χ3v) is 7.47. The minimum absolute atomic E-state index is 0.139. The zero-order valence-electron chi connectivity index (χ0n) is 21.7. The molecule has 0 bridgehead atoms. The molecule has 0 saturated heterocycles. The Labute approximate surface area is 226 Å². The Morgan fingerprint density at radius 2 is 1.95 bits per heavy atom. The quantitative estimate of drug-likeness (QED) is 0.285. The topological polar surface area (TPSA) is 80.4 Å². The maximum absolute atomic E-state index is 13.2. The summed E-state index contributed by atoms with van der Waals surface area (Å²) in [6.45, 7) is 4.91. The predicted molar refractivity (Wildman–Crippen MR) is 151 cm³/mol. The predicted octanol–water partition coefficient (Wildman–Crippen LogP) is 5.90. The van der Waals surface area contributed by atoms with Crippen molar-refractivity contribution < 1.29 is 4.79 Å². The number of carbonyl (C=O) groups is 1. The van der Waals surface area contributed by atoms with Crippen molar-refractivity contribution in [1.82, 2.24) is 29.5 Å². The molecule has 0 aliphatic heterocycles. The van der Waals surface area contributed by atoms with Crippen LogP contribution in [0.25, 0.3) is 27.9 Å². The number of halogens is 1. The van der Waals surface area contributed by atoms with Crippen LogP contribution in [0, 0.1) is 0 Å². The van der Waals surface area contributed by atoms with E-state index in [-0.39, 0.29) is 18.0 Å². The van der Waals surface area contributed by atoms with E-state index in [2.05, 4.69) is 57.0 Å². The highest BCUT2D eigenvalue weighted by molar-refractivity contribution is 6.31. The number of hydrogen-bond acceptors (Lipinski definition) is 5. The molecule has 0 atom stereocenters. The van der Waals surface area contributed by atoms with Crippen molar-refractivity contribution in [3.63, 3.8) is 0 Å². The maximum atomic E-state index is 13.2. The first-order valence-electron chi connectivity index (χ1n) is 13.0. The van der Waals surface area contributed by atoms with Gasteiger partial charge < -0.3 is 14.8 Å². The van der Waals surface area contributed by atoms with E-state index in [1.165, 1.54) is 5.56 Å². The average Bonchev–Trinajstić information content (AvgIpc) is 3.48. The molecule has 38 heavy (non-hydrogen) atoms. The van der Waals surface area contributed by atoms with Crippen LogP contribution in [0.5, 0.6) is 0 Å². The van der Waals surface area contributed by atoms with Crippen molar-refractivity contribution >= 4 is 40.0 Å². The number of carbonyl (C=O) groups excluding carboxylic acids is 1. The van der Waals surface area contributed by atoms with Crippen LogP contribution in [0.4, 0.5) is 5.82 Å². The largest absolute Gasteiger partial charge is 0.355 e. The monoisotopic (exact) mass is 527 g/mol. The van der Waals surface area contributed by atoms with Crippen LogP contribution < -0.4 is 10.2 Å². The zero-order valence-corrected chi connectivity index (χ0v) is 22.5. The van der Waals surface area contributed by atoms with Crippen molar-refractivity contribution in [3.8, 4) is 11.3 Å². The molecule has 6 rings (SSSR count). The Kier molecular flexibility index (Phi) is 6.27. The molecular weight excluding hydrogens is 498 g/mol. The summed E-state index contributed by atoms with van der Waals surface area (Å²) in [4.78, 5) is 25.0. The van der Waals surface area contributed by atoms with E-state index < -0.39 is 0 Å². The van der Waals surface area contributed by atoms with Crippen molar-refractivity contribution in [2.45, 2.75) is 51.7 Å². The SMILES string of the molecule is CC(C)n1cc(-c2cc(N(C)Cc3ccccc3)n3ncc(C(=O)NC4CCC4)c3n2)c2cc(Cl)cnc21. The van der Waals surface area contributed by atoms with Crippen LogP contribution in [-0.4, -0.2) is 43.1 Å². The van der Waals surface area contributed by atoms with Crippen LogP contribution in [0.1, 0.15) is 55.1 Å². The third-order valence-electron chi connectivity index (χ3n) is 7.26. The first kappa shape index (κ1) is 24.4. The third kappa shape index (κ3) is 4.39. The number of rotatable bonds is 7. The van der Waals surface area contributed by atoms with Gasteiger partial charge in [-0.25, -0.2) is 9.97 Å². The summed E-state index contributed by atoms with van der Waals surface area (Å²) < 4.78 is 3.88. The molecule has 8 nitrogen and oxygen atoms in total. The van der Waals surface area contributed by atoms with Gasteiger partial charge in [-0.15, -0.1) is 0 Å². The fourth-order valence-electron chi connectivity index (χ4n) is 4.97. The lowest BCUT2D eigenvalue weighted by Gasteiger charge is -2.26. The van der Waals surface area contributed by atoms with E-state index in [1.54, 1.807) is 16.9 Å². The number of benzene rings is 1. The molecule has 1 aliphatic rings. The Morgan fingerprint density at radius 1 is 1.16 bits per heavy atom. The van der Waals surface area contributed by atoms with Crippen molar-refractivity contribution in [1.29, 1.82) is 0 Å². The van der Waals surface area contributed by atoms with Gasteiger partial charge in [-0.1, -0.05) is 41.9 Å². The molecule has 5 aromatic rings. The summed E-state index contributed by atoms with van der Waals surface area (Å²) in [5.41, 5.74) is 4.65. The van der Waals surface area contributed by atoms with E-state index in [1.807, 2.05) is 37.4 Å². The molecule has 9 heteroatoms. The van der Waals surface area contributed by atoms with Crippen molar-refractivity contribution in [2.75, 3.05) is 11.9 Å². The molecule has 4 aromatic heterocycles. The van der Waals surface area contributed by atoms with Gasteiger partial charge in [0.2, 0.25) is 0 Å². The Hall–Kier alpha value is -3.91. The second-order valence-corrected chi connectivity index (χ2v) is 10.7. The first-order valence-corrected chi connectivity index (χ1v) is 13.4. The molecule has 194 valence electrons. The number of aromatic nitrogens is 5. The normalized spacial score (nSPS) is 13.8. The Morgan fingerprint density at radius 3 is 2.66 bits per heavy atom. The first-order chi connectivity index (χ1) is 18.4. The highest BCUT2D eigenvalue weighted by Crippen LogP contribution is 2.34. The van der Waals surface area contributed by atoms with Gasteiger partial charge in [-0.3, -0.25) is 4.79 Å². The van der Waals surface area contributed by atoms with E-state index in [0.29, 0.717) is 22.8 Å². The minimum Gasteiger partial charge on any atom is -0.355 e. The molecule has 1 N–H and O–H groups in total. The fourth-order valence-corrected chi connectivity index (χ4v) is 5.13. The van der Waals surface area contributed by atoms with Gasteiger partial charge in [0.05, 0.1) is 16.9 Å². The van der Waals surface area contributed by atoms with Gasteiger partial charge in [0.25, 0.3) is 5.91 Å². The number of hydrogen-bond donors (Lipinski definition) is 1. The number of fused-ring (bicyclic) bond motifs is 2. The maximum Gasteiger partial charge on any atom is 0.256 e. The highest BCUT2D eigenvalue weighted by Gasteiger charge is 2.25. The molecule has 1 saturated carbocycles.